The van der Waals surface area contributed by atoms with E-state index in [4.69, 9.17) is 4.42 Å². The highest BCUT2D eigenvalue weighted by atomic mass is 16.5. The van der Waals surface area contributed by atoms with Crippen molar-refractivity contribution in [3.63, 3.8) is 0 Å². The fourth-order valence-corrected chi connectivity index (χ4v) is 1.32. The lowest BCUT2D eigenvalue weighted by molar-refractivity contribution is -0.140. The molecule has 0 unspecified atom stereocenters. The van der Waals surface area contributed by atoms with Crippen molar-refractivity contribution in [1.82, 2.24) is 10.9 Å². The van der Waals surface area contributed by atoms with Crippen molar-refractivity contribution in [1.29, 1.82) is 0 Å². The highest BCUT2D eigenvalue weighted by molar-refractivity contribution is 5.92. The van der Waals surface area contributed by atoms with Gasteiger partial charge in [-0.05, 0) is 25.0 Å². The number of rotatable bonds is 6. The monoisotopic (exact) mass is 268 g/mol. The molecule has 2 N–H and O–H groups in total. The molecule has 0 aliphatic carbocycles. The van der Waals surface area contributed by atoms with Crippen molar-refractivity contribution in [3.8, 4) is 0 Å². The van der Waals surface area contributed by atoms with E-state index in [2.05, 4.69) is 15.6 Å². The van der Waals surface area contributed by atoms with Crippen molar-refractivity contribution < 1.29 is 23.5 Å². The maximum Gasteiger partial charge on any atom is 0.305 e. The number of hydrazine groups is 1. The second kappa shape index (κ2) is 7.91. The zero-order chi connectivity index (χ0) is 14.1. The molecule has 0 saturated heterocycles. The number of unbranched alkanes of at least 4 members (excludes halogenated alkanes) is 1. The summed E-state index contributed by atoms with van der Waals surface area (Å²) in [6.07, 6.45) is 2.96. The Morgan fingerprint density at radius 1 is 1.21 bits per heavy atom. The quantitative estimate of drug-likeness (QED) is 0.451. The fraction of sp³-hybridized carbons (Fsp3) is 0.417. The number of methoxy groups -OCH3 is 1. The smallest absolute Gasteiger partial charge is 0.305 e. The number of ether oxygens (including phenoxy) is 1. The van der Waals surface area contributed by atoms with E-state index in [-0.39, 0.29) is 30.5 Å². The second-order valence-corrected chi connectivity index (χ2v) is 3.76. The summed E-state index contributed by atoms with van der Waals surface area (Å²) in [4.78, 5) is 33.6. The van der Waals surface area contributed by atoms with Crippen LogP contribution in [0, 0.1) is 0 Å². The third-order valence-electron chi connectivity index (χ3n) is 2.32. The molecule has 7 heteroatoms. The number of carbonyl (C=O) groups excluding carboxylic acids is 3. The van der Waals surface area contributed by atoms with Crippen molar-refractivity contribution in [3.05, 3.63) is 24.2 Å². The second-order valence-electron chi connectivity index (χ2n) is 3.76. The van der Waals surface area contributed by atoms with Gasteiger partial charge in [-0.25, -0.2) is 0 Å². The Kier molecular flexibility index (Phi) is 6.14. The van der Waals surface area contributed by atoms with E-state index < -0.39 is 5.91 Å². The summed E-state index contributed by atoms with van der Waals surface area (Å²) in [5.74, 6) is -1.03. The van der Waals surface area contributed by atoms with Gasteiger partial charge in [-0.1, -0.05) is 0 Å². The summed E-state index contributed by atoms with van der Waals surface area (Å²) < 4.78 is 9.32. The summed E-state index contributed by atoms with van der Waals surface area (Å²) in [5, 5.41) is 0. The standard InChI is InChI=1S/C12H16N2O5/c1-18-11(16)7-3-2-6-10(15)13-14-12(17)9-5-4-8-19-9/h4-5,8H,2-3,6-7H2,1H3,(H,13,15)(H,14,17). The Labute approximate surface area is 110 Å². The predicted octanol–water partition coefficient (Wildman–Crippen LogP) is 0.774. The lowest BCUT2D eigenvalue weighted by Crippen LogP contribution is -2.41. The van der Waals surface area contributed by atoms with Gasteiger partial charge in [-0.2, -0.15) is 0 Å². The number of esters is 1. The van der Waals surface area contributed by atoms with E-state index in [0.29, 0.717) is 12.8 Å². The largest absolute Gasteiger partial charge is 0.469 e. The third kappa shape index (κ3) is 5.71. The van der Waals surface area contributed by atoms with E-state index in [1.54, 1.807) is 6.07 Å². The zero-order valence-corrected chi connectivity index (χ0v) is 10.6. The maximum absolute atomic E-state index is 11.4. The van der Waals surface area contributed by atoms with Gasteiger partial charge in [0.2, 0.25) is 5.91 Å². The van der Waals surface area contributed by atoms with Gasteiger partial charge in [-0.15, -0.1) is 0 Å². The molecule has 1 heterocycles. The zero-order valence-electron chi connectivity index (χ0n) is 10.6. The molecule has 0 bridgehead atoms. The van der Waals surface area contributed by atoms with Crippen LogP contribution in [0.15, 0.2) is 22.8 Å². The predicted molar refractivity (Wildman–Crippen MR) is 64.8 cm³/mol. The summed E-state index contributed by atoms with van der Waals surface area (Å²) in [6, 6.07) is 3.06. The Hall–Kier alpha value is -2.31. The first kappa shape index (κ1) is 14.7. The minimum Gasteiger partial charge on any atom is -0.469 e. The van der Waals surface area contributed by atoms with E-state index in [9.17, 15) is 14.4 Å². The summed E-state index contributed by atoms with van der Waals surface area (Å²) in [7, 11) is 1.32. The Balaban J connectivity index is 2.11. The molecule has 1 aromatic rings. The van der Waals surface area contributed by atoms with E-state index >= 15 is 0 Å². The summed E-state index contributed by atoms with van der Waals surface area (Å²) in [5.41, 5.74) is 4.48. The van der Waals surface area contributed by atoms with Crippen molar-refractivity contribution >= 4 is 17.8 Å². The van der Waals surface area contributed by atoms with Crippen LogP contribution in [-0.4, -0.2) is 24.9 Å². The SMILES string of the molecule is COC(=O)CCCCC(=O)NNC(=O)c1ccco1. The number of furan rings is 1. The molecule has 104 valence electrons. The summed E-state index contributed by atoms with van der Waals surface area (Å²) in [6.45, 7) is 0. The molecule has 0 spiro atoms. The molecule has 0 saturated carbocycles. The molecule has 1 aromatic heterocycles. The number of amides is 2. The average molecular weight is 268 g/mol. The van der Waals surface area contributed by atoms with Crippen LogP contribution in [0.3, 0.4) is 0 Å². The Morgan fingerprint density at radius 3 is 2.58 bits per heavy atom. The first-order valence-electron chi connectivity index (χ1n) is 5.83. The van der Waals surface area contributed by atoms with E-state index in [1.165, 1.54) is 19.4 Å². The number of hydrogen-bond donors (Lipinski definition) is 2. The molecule has 0 fully saturated rings. The first-order chi connectivity index (χ1) is 9.13. The van der Waals surface area contributed by atoms with Crippen molar-refractivity contribution in [2.45, 2.75) is 25.7 Å². The van der Waals surface area contributed by atoms with Crippen molar-refractivity contribution in [2.75, 3.05) is 7.11 Å². The van der Waals surface area contributed by atoms with Crippen LogP contribution in [0.4, 0.5) is 0 Å². The Bertz CT molecular complexity index is 427. The van der Waals surface area contributed by atoms with Gasteiger partial charge in [0.1, 0.15) is 0 Å². The molecule has 0 aliphatic heterocycles. The van der Waals surface area contributed by atoms with Gasteiger partial charge < -0.3 is 9.15 Å². The fourth-order valence-electron chi connectivity index (χ4n) is 1.32. The molecule has 19 heavy (non-hydrogen) atoms. The van der Waals surface area contributed by atoms with Crippen LogP contribution in [0.1, 0.15) is 36.2 Å². The maximum atomic E-state index is 11.4. The highest BCUT2D eigenvalue weighted by Crippen LogP contribution is 2.01. The molecule has 0 aromatic carbocycles. The Morgan fingerprint density at radius 2 is 1.95 bits per heavy atom. The van der Waals surface area contributed by atoms with Crippen LogP contribution >= 0.6 is 0 Å². The topological polar surface area (TPSA) is 97.6 Å². The molecule has 1 rings (SSSR count). The van der Waals surface area contributed by atoms with E-state index in [0.717, 1.165) is 0 Å². The lowest BCUT2D eigenvalue weighted by Gasteiger charge is -2.05. The average Bonchev–Trinajstić information content (AvgIpc) is 2.94. The van der Waals surface area contributed by atoms with Gasteiger partial charge >= 0.3 is 11.9 Å². The third-order valence-corrected chi connectivity index (χ3v) is 2.32. The van der Waals surface area contributed by atoms with Gasteiger partial charge in [0, 0.05) is 12.8 Å². The lowest BCUT2D eigenvalue weighted by atomic mass is 10.2. The van der Waals surface area contributed by atoms with Gasteiger partial charge in [-0.3, -0.25) is 25.2 Å². The first-order valence-corrected chi connectivity index (χ1v) is 5.83. The van der Waals surface area contributed by atoms with Gasteiger partial charge in [0.25, 0.3) is 0 Å². The van der Waals surface area contributed by atoms with Crippen LogP contribution < -0.4 is 10.9 Å². The molecule has 7 nitrogen and oxygen atoms in total. The molecule has 0 atom stereocenters. The minimum atomic E-state index is -0.520. The van der Waals surface area contributed by atoms with Gasteiger partial charge in [0.15, 0.2) is 5.76 Å². The number of nitrogens with one attached hydrogen (secondary N) is 2. The molecule has 2 amide bonds. The van der Waals surface area contributed by atoms with Crippen LogP contribution in [0.5, 0.6) is 0 Å². The van der Waals surface area contributed by atoms with Gasteiger partial charge in [0.05, 0.1) is 13.4 Å². The molecule has 0 radical (unpaired) electrons. The molecular weight excluding hydrogens is 252 g/mol. The minimum absolute atomic E-state index is 0.117. The van der Waals surface area contributed by atoms with Crippen LogP contribution in [0.2, 0.25) is 0 Å². The van der Waals surface area contributed by atoms with Crippen molar-refractivity contribution in [2.24, 2.45) is 0 Å². The number of carbonyl (C=O) groups is 3. The normalized spacial score (nSPS) is 9.74. The summed E-state index contributed by atoms with van der Waals surface area (Å²) >= 11 is 0. The number of hydrogen-bond acceptors (Lipinski definition) is 5. The molecule has 0 aliphatic rings. The van der Waals surface area contributed by atoms with Crippen LogP contribution in [0.25, 0.3) is 0 Å². The van der Waals surface area contributed by atoms with Crippen LogP contribution in [-0.2, 0) is 14.3 Å². The molecular formula is C12H16N2O5. The van der Waals surface area contributed by atoms with E-state index in [1.807, 2.05) is 0 Å². The highest BCUT2D eigenvalue weighted by Gasteiger charge is 2.09.